The van der Waals surface area contributed by atoms with Gasteiger partial charge in [0, 0.05) is 7.05 Å². The maximum Gasteiger partial charge on any atom is 0.322 e. The number of hydrogen-bond acceptors (Lipinski definition) is 7. The third-order valence-corrected chi connectivity index (χ3v) is 2.06. The van der Waals surface area contributed by atoms with Crippen molar-refractivity contribution in [2.45, 2.75) is 0 Å². The van der Waals surface area contributed by atoms with E-state index >= 15 is 0 Å². The number of amides is 4. The van der Waals surface area contributed by atoms with Crippen molar-refractivity contribution in [3.8, 4) is 0 Å². The molecule has 0 aliphatic rings. The monoisotopic (exact) mass is 333 g/mol. The van der Waals surface area contributed by atoms with Gasteiger partial charge in [0.15, 0.2) is 0 Å². The lowest BCUT2D eigenvalue weighted by Crippen LogP contribution is -2.43. The molecule has 0 unspecified atom stereocenters. The topological polar surface area (TPSA) is 175 Å². The number of carboxylic acids is 1. The van der Waals surface area contributed by atoms with Crippen molar-refractivity contribution in [1.82, 2.24) is 26.8 Å². The quantitative estimate of drug-likeness (QED) is 0.206. The fourth-order valence-electron chi connectivity index (χ4n) is 1.12. The summed E-state index contributed by atoms with van der Waals surface area (Å²) in [4.78, 5) is 54.9. The summed E-state index contributed by atoms with van der Waals surface area (Å²) in [6, 6.07) is 0. The number of carboxylic acid groups (broad SMARTS) is 1. The van der Waals surface area contributed by atoms with Crippen molar-refractivity contribution >= 4 is 29.6 Å². The van der Waals surface area contributed by atoms with Gasteiger partial charge >= 0.3 is 5.97 Å². The zero-order valence-corrected chi connectivity index (χ0v) is 12.4. The van der Waals surface area contributed by atoms with E-state index in [0.717, 1.165) is 0 Å². The smallest absolute Gasteiger partial charge is 0.322 e. The second-order valence-corrected chi connectivity index (χ2v) is 4.01. The molecule has 0 rings (SSSR count). The zero-order valence-electron chi connectivity index (χ0n) is 12.4. The van der Waals surface area contributed by atoms with Crippen LogP contribution in [0.2, 0.25) is 0 Å². The van der Waals surface area contributed by atoms with Gasteiger partial charge in [-0.05, 0) is 0 Å². The van der Waals surface area contributed by atoms with Gasteiger partial charge < -0.3 is 25.8 Å². The molecule has 0 spiro atoms. The van der Waals surface area contributed by atoms with Crippen LogP contribution in [0.25, 0.3) is 0 Å². The Bertz CT molecular complexity index is 454. The van der Waals surface area contributed by atoms with Gasteiger partial charge in [-0.1, -0.05) is 0 Å². The third kappa shape index (κ3) is 12.7. The molecular weight excluding hydrogens is 314 g/mol. The molecule has 0 aromatic heterocycles. The Morgan fingerprint density at radius 2 is 1.26 bits per heavy atom. The number of aliphatic carboxylic acids is 1. The summed E-state index contributed by atoms with van der Waals surface area (Å²) in [5.41, 5.74) is 4.62. The minimum absolute atomic E-state index is 0.329. The second-order valence-electron chi connectivity index (χ2n) is 4.01. The van der Waals surface area contributed by atoms with Crippen LogP contribution in [0.3, 0.4) is 0 Å². The molecule has 0 radical (unpaired) electrons. The van der Waals surface area contributed by atoms with Gasteiger partial charge in [-0.3, -0.25) is 29.4 Å². The lowest BCUT2D eigenvalue weighted by Gasteiger charge is -2.07. The Labute approximate surface area is 131 Å². The van der Waals surface area contributed by atoms with Crippen LogP contribution < -0.4 is 26.8 Å². The van der Waals surface area contributed by atoms with E-state index in [0.29, 0.717) is 0 Å². The number of hydrogen-bond donors (Lipinski definition) is 6. The van der Waals surface area contributed by atoms with E-state index in [1.807, 2.05) is 5.32 Å². The van der Waals surface area contributed by atoms with Crippen molar-refractivity contribution in [2.75, 3.05) is 39.9 Å². The Morgan fingerprint density at radius 1 is 0.783 bits per heavy atom. The molecule has 130 valence electrons. The third-order valence-electron chi connectivity index (χ3n) is 2.06. The summed E-state index contributed by atoms with van der Waals surface area (Å²) in [5.74, 6) is -3.61. The summed E-state index contributed by atoms with van der Waals surface area (Å²) < 4.78 is 4.78. The summed E-state index contributed by atoms with van der Waals surface area (Å²) in [6.45, 7) is -2.10. The first kappa shape index (κ1) is 20.3. The molecule has 0 aliphatic heterocycles. The van der Waals surface area contributed by atoms with Crippen LogP contribution in [0, 0.1) is 0 Å². The molecule has 12 heteroatoms. The van der Waals surface area contributed by atoms with Gasteiger partial charge in [-0.2, -0.15) is 0 Å². The number of carbonyl (C=O) groups is 5. The normalized spacial score (nSPS) is 9.61. The minimum atomic E-state index is -1.21. The number of nitrogens with one attached hydrogen (secondary N) is 5. The van der Waals surface area contributed by atoms with Crippen LogP contribution in [0.15, 0.2) is 0 Å². The molecule has 0 heterocycles. The Kier molecular flexibility index (Phi) is 10.5. The molecule has 23 heavy (non-hydrogen) atoms. The molecule has 0 fully saturated rings. The van der Waals surface area contributed by atoms with E-state index in [1.54, 1.807) is 0 Å². The summed E-state index contributed by atoms with van der Waals surface area (Å²) in [7, 11) is 1.49. The molecule has 0 saturated carbocycles. The lowest BCUT2D eigenvalue weighted by atomic mass is 10.5. The fourth-order valence-corrected chi connectivity index (χ4v) is 1.12. The first-order chi connectivity index (χ1) is 10.8. The fraction of sp³-hybridized carbons (Fsp3) is 0.545. The van der Waals surface area contributed by atoms with Gasteiger partial charge in [-0.25, -0.2) is 5.43 Å². The highest BCUT2D eigenvalue weighted by atomic mass is 16.5. The number of carbonyl (C=O) groups excluding carboxylic acids is 4. The summed E-state index contributed by atoms with van der Waals surface area (Å²) in [5, 5.41) is 14.8. The number of hydrazine groups is 1. The van der Waals surface area contributed by atoms with Crippen LogP contribution in [0.5, 0.6) is 0 Å². The SMILES string of the molecule is CNNC(=O)COCC(=O)NCC(=O)NCC(=O)NCC(=O)O. The number of rotatable bonds is 11. The van der Waals surface area contributed by atoms with Crippen LogP contribution in [-0.4, -0.2) is 74.6 Å². The zero-order chi connectivity index (χ0) is 17.7. The maximum atomic E-state index is 11.3. The highest BCUT2D eigenvalue weighted by molar-refractivity contribution is 5.89. The van der Waals surface area contributed by atoms with E-state index < -0.39 is 55.8 Å². The molecule has 12 nitrogen and oxygen atoms in total. The predicted octanol–water partition coefficient (Wildman–Crippen LogP) is -4.31. The molecule has 4 amide bonds. The predicted molar refractivity (Wildman–Crippen MR) is 74.7 cm³/mol. The molecule has 0 aliphatic carbocycles. The highest BCUT2D eigenvalue weighted by Gasteiger charge is 2.09. The Morgan fingerprint density at radius 3 is 1.78 bits per heavy atom. The first-order valence-electron chi connectivity index (χ1n) is 6.40. The van der Waals surface area contributed by atoms with E-state index in [4.69, 9.17) is 9.84 Å². The molecule has 6 N–H and O–H groups in total. The largest absolute Gasteiger partial charge is 0.480 e. The standard InChI is InChI=1S/C11H19N5O7/c1-12-16-10(20)6-23-5-9(19)14-3-7(17)13-2-8(18)15-4-11(21)22/h12H,2-6H2,1H3,(H,13,17)(H,14,19)(H,15,18)(H,16,20)(H,21,22). The van der Waals surface area contributed by atoms with Crippen molar-refractivity contribution < 1.29 is 33.8 Å². The van der Waals surface area contributed by atoms with Gasteiger partial charge in [0.25, 0.3) is 5.91 Å². The van der Waals surface area contributed by atoms with Crippen LogP contribution >= 0.6 is 0 Å². The van der Waals surface area contributed by atoms with Crippen molar-refractivity contribution in [3.05, 3.63) is 0 Å². The second kappa shape index (κ2) is 11.9. The Hall–Kier alpha value is -2.73. The minimum Gasteiger partial charge on any atom is -0.480 e. The van der Waals surface area contributed by atoms with Gasteiger partial charge in [0.1, 0.15) is 19.8 Å². The van der Waals surface area contributed by atoms with Crippen molar-refractivity contribution in [2.24, 2.45) is 0 Å². The number of ether oxygens (including phenoxy) is 1. The Balaban J connectivity index is 3.71. The van der Waals surface area contributed by atoms with Gasteiger partial charge in [0.05, 0.1) is 13.1 Å². The summed E-state index contributed by atoms with van der Waals surface area (Å²) >= 11 is 0. The van der Waals surface area contributed by atoms with Crippen LogP contribution in [0.4, 0.5) is 0 Å². The van der Waals surface area contributed by atoms with Crippen molar-refractivity contribution in [3.63, 3.8) is 0 Å². The van der Waals surface area contributed by atoms with Crippen LogP contribution in [-0.2, 0) is 28.7 Å². The lowest BCUT2D eigenvalue weighted by molar-refractivity contribution is -0.138. The van der Waals surface area contributed by atoms with E-state index in [1.165, 1.54) is 7.05 Å². The van der Waals surface area contributed by atoms with E-state index in [2.05, 4.69) is 21.5 Å². The van der Waals surface area contributed by atoms with E-state index in [9.17, 15) is 24.0 Å². The highest BCUT2D eigenvalue weighted by Crippen LogP contribution is 1.76. The molecule has 0 aromatic rings. The molecular formula is C11H19N5O7. The van der Waals surface area contributed by atoms with Gasteiger partial charge in [0.2, 0.25) is 17.7 Å². The van der Waals surface area contributed by atoms with E-state index in [-0.39, 0.29) is 6.61 Å². The molecule has 0 atom stereocenters. The first-order valence-corrected chi connectivity index (χ1v) is 6.40. The molecule has 0 bridgehead atoms. The maximum absolute atomic E-state index is 11.3. The van der Waals surface area contributed by atoms with Crippen molar-refractivity contribution in [1.29, 1.82) is 0 Å². The average molecular weight is 333 g/mol. The summed E-state index contributed by atoms with van der Waals surface area (Å²) in [6.07, 6.45) is 0. The van der Waals surface area contributed by atoms with Gasteiger partial charge in [-0.15, -0.1) is 0 Å². The molecule has 0 saturated heterocycles. The average Bonchev–Trinajstić information content (AvgIpc) is 2.49. The molecule has 0 aromatic carbocycles. The van der Waals surface area contributed by atoms with Crippen LogP contribution in [0.1, 0.15) is 0 Å².